The Morgan fingerprint density at radius 3 is 3.07 bits per heavy atom. The number of rotatable bonds is 6. The molecule has 0 saturated heterocycles. The van der Waals surface area contributed by atoms with E-state index in [-0.39, 0.29) is 0 Å². The van der Waals surface area contributed by atoms with Crippen LogP contribution in [0.4, 0.5) is 0 Å². The van der Waals surface area contributed by atoms with Crippen molar-refractivity contribution in [3.05, 3.63) is 11.1 Å². The highest BCUT2D eigenvalue weighted by atomic mass is 32.1. The molecule has 1 aliphatic rings. The summed E-state index contributed by atoms with van der Waals surface area (Å²) >= 11 is 1.45. The third-order valence-corrected chi connectivity index (χ3v) is 3.16. The van der Waals surface area contributed by atoms with Crippen LogP contribution >= 0.6 is 11.5 Å². The van der Waals surface area contributed by atoms with Crippen LogP contribution in [0.5, 0.6) is 0 Å². The summed E-state index contributed by atoms with van der Waals surface area (Å²) in [6.45, 7) is 3.27. The molecule has 1 N–H and O–H groups in total. The summed E-state index contributed by atoms with van der Waals surface area (Å²) in [5, 5.41) is 9.77. The molecule has 1 aromatic rings. The molecule has 1 unspecified atom stereocenters. The van der Waals surface area contributed by atoms with E-state index < -0.39 is 0 Å². The standard InChI is InChI=1S/C10H17N3S/c1-2-5-11-9(6-8-3-4-8)10-7-14-13-12-10/h7-9,11H,2-6H2,1H3. The van der Waals surface area contributed by atoms with Crippen molar-refractivity contribution in [2.75, 3.05) is 6.54 Å². The fourth-order valence-corrected chi connectivity index (χ4v) is 2.15. The molecule has 0 amide bonds. The summed E-state index contributed by atoms with van der Waals surface area (Å²) in [4.78, 5) is 0. The second kappa shape index (κ2) is 4.84. The summed E-state index contributed by atoms with van der Waals surface area (Å²) in [7, 11) is 0. The minimum atomic E-state index is 0.446. The first-order valence-corrected chi connectivity index (χ1v) is 6.24. The molecule has 1 aromatic heterocycles. The fraction of sp³-hybridized carbons (Fsp3) is 0.800. The predicted molar refractivity (Wildman–Crippen MR) is 58.3 cm³/mol. The Bertz CT molecular complexity index is 256. The molecule has 3 nitrogen and oxygen atoms in total. The molecule has 0 aromatic carbocycles. The summed E-state index contributed by atoms with van der Waals surface area (Å²) in [6.07, 6.45) is 5.23. The minimum absolute atomic E-state index is 0.446. The van der Waals surface area contributed by atoms with Gasteiger partial charge < -0.3 is 5.32 Å². The van der Waals surface area contributed by atoms with Gasteiger partial charge in [-0.25, -0.2) is 0 Å². The van der Waals surface area contributed by atoms with Gasteiger partial charge in [-0.2, -0.15) is 0 Å². The van der Waals surface area contributed by atoms with E-state index in [9.17, 15) is 0 Å². The molecular weight excluding hydrogens is 194 g/mol. The van der Waals surface area contributed by atoms with Gasteiger partial charge in [0.05, 0.1) is 11.7 Å². The second-order valence-corrected chi connectivity index (χ2v) is 4.63. The zero-order valence-corrected chi connectivity index (χ0v) is 9.39. The van der Waals surface area contributed by atoms with Gasteiger partial charge in [-0.05, 0) is 36.8 Å². The molecule has 1 fully saturated rings. The average molecular weight is 211 g/mol. The minimum Gasteiger partial charge on any atom is -0.309 e. The molecule has 0 aliphatic heterocycles. The first-order chi connectivity index (χ1) is 6.90. The molecule has 14 heavy (non-hydrogen) atoms. The van der Waals surface area contributed by atoms with Crippen LogP contribution in [0.3, 0.4) is 0 Å². The Balaban J connectivity index is 1.90. The largest absolute Gasteiger partial charge is 0.309 e. The van der Waals surface area contributed by atoms with E-state index in [0.717, 1.165) is 18.2 Å². The summed E-state index contributed by atoms with van der Waals surface area (Å²) in [6, 6.07) is 0.446. The van der Waals surface area contributed by atoms with Gasteiger partial charge in [0, 0.05) is 5.38 Å². The zero-order valence-electron chi connectivity index (χ0n) is 8.57. The lowest BCUT2D eigenvalue weighted by atomic mass is 10.1. The topological polar surface area (TPSA) is 37.8 Å². The third-order valence-electron chi connectivity index (χ3n) is 2.64. The first kappa shape index (κ1) is 10.1. The molecule has 4 heteroatoms. The average Bonchev–Trinajstić information content (AvgIpc) is 2.84. The number of hydrogen-bond acceptors (Lipinski definition) is 4. The van der Waals surface area contributed by atoms with Crippen molar-refractivity contribution in [2.24, 2.45) is 5.92 Å². The van der Waals surface area contributed by atoms with Crippen molar-refractivity contribution in [3.8, 4) is 0 Å². The van der Waals surface area contributed by atoms with Crippen LogP contribution in [0.2, 0.25) is 0 Å². The highest BCUT2D eigenvalue weighted by Gasteiger charge is 2.26. The highest BCUT2D eigenvalue weighted by Crippen LogP contribution is 2.37. The lowest BCUT2D eigenvalue weighted by molar-refractivity contribution is 0.464. The Kier molecular flexibility index (Phi) is 3.48. The van der Waals surface area contributed by atoms with Crippen molar-refractivity contribution in [3.63, 3.8) is 0 Å². The normalized spacial score (nSPS) is 18.4. The molecule has 2 rings (SSSR count). The van der Waals surface area contributed by atoms with Gasteiger partial charge in [-0.1, -0.05) is 24.3 Å². The molecule has 1 atom stereocenters. The number of nitrogens with one attached hydrogen (secondary N) is 1. The molecule has 78 valence electrons. The van der Waals surface area contributed by atoms with Gasteiger partial charge in [0.25, 0.3) is 0 Å². The SMILES string of the molecule is CCCNC(CC1CC1)c1csnn1. The van der Waals surface area contributed by atoms with E-state index in [0.29, 0.717) is 6.04 Å². The van der Waals surface area contributed by atoms with E-state index >= 15 is 0 Å². The molecule has 1 heterocycles. The number of aromatic nitrogens is 2. The van der Waals surface area contributed by atoms with Crippen LogP contribution in [0.1, 0.15) is 44.3 Å². The maximum atomic E-state index is 4.16. The predicted octanol–water partition coefficient (Wildman–Crippen LogP) is 2.38. The number of nitrogens with zero attached hydrogens (tertiary/aromatic N) is 2. The van der Waals surface area contributed by atoms with Crippen LogP contribution in [0.15, 0.2) is 5.38 Å². The van der Waals surface area contributed by atoms with Crippen molar-refractivity contribution in [2.45, 2.75) is 38.6 Å². The fourth-order valence-electron chi connectivity index (χ4n) is 1.64. The summed E-state index contributed by atoms with van der Waals surface area (Å²) < 4.78 is 3.93. The van der Waals surface area contributed by atoms with E-state index in [4.69, 9.17) is 0 Å². The smallest absolute Gasteiger partial charge is 0.0924 e. The van der Waals surface area contributed by atoms with Crippen molar-refractivity contribution < 1.29 is 0 Å². The first-order valence-electron chi connectivity index (χ1n) is 5.40. The highest BCUT2D eigenvalue weighted by molar-refractivity contribution is 7.03. The molecule has 0 radical (unpaired) electrons. The molecule has 0 spiro atoms. The maximum absolute atomic E-state index is 4.16. The van der Waals surface area contributed by atoms with Crippen LogP contribution in [-0.2, 0) is 0 Å². The van der Waals surface area contributed by atoms with Gasteiger partial charge in [0.15, 0.2) is 0 Å². The van der Waals surface area contributed by atoms with E-state index in [1.165, 1.54) is 37.2 Å². The van der Waals surface area contributed by atoms with Gasteiger partial charge in [0.1, 0.15) is 0 Å². The quantitative estimate of drug-likeness (QED) is 0.785. The Morgan fingerprint density at radius 2 is 2.50 bits per heavy atom. The lowest BCUT2D eigenvalue weighted by Crippen LogP contribution is -2.23. The monoisotopic (exact) mass is 211 g/mol. The van der Waals surface area contributed by atoms with Crippen molar-refractivity contribution in [1.82, 2.24) is 14.9 Å². The molecule has 1 saturated carbocycles. The Labute approximate surface area is 89.1 Å². The van der Waals surface area contributed by atoms with E-state index in [2.05, 4.69) is 27.2 Å². The van der Waals surface area contributed by atoms with Crippen LogP contribution < -0.4 is 5.32 Å². The number of hydrogen-bond donors (Lipinski definition) is 1. The zero-order chi connectivity index (χ0) is 9.80. The Morgan fingerprint density at radius 1 is 1.64 bits per heavy atom. The van der Waals surface area contributed by atoms with Crippen LogP contribution in [0, 0.1) is 5.92 Å². The summed E-state index contributed by atoms with van der Waals surface area (Å²) in [5.74, 6) is 0.936. The maximum Gasteiger partial charge on any atom is 0.0924 e. The van der Waals surface area contributed by atoms with Crippen molar-refractivity contribution in [1.29, 1.82) is 0 Å². The van der Waals surface area contributed by atoms with Gasteiger partial charge >= 0.3 is 0 Å². The Hall–Kier alpha value is -0.480. The second-order valence-electron chi connectivity index (χ2n) is 4.02. The van der Waals surface area contributed by atoms with E-state index in [1.807, 2.05) is 0 Å². The molecular formula is C10H17N3S. The summed E-state index contributed by atoms with van der Waals surface area (Å²) in [5.41, 5.74) is 1.13. The van der Waals surface area contributed by atoms with Crippen LogP contribution in [0.25, 0.3) is 0 Å². The molecule has 0 bridgehead atoms. The van der Waals surface area contributed by atoms with Crippen molar-refractivity contribution >= 4 is 11.5 Å². The van der Waals surface area contributed by atoms with E-state index in [1.54, 1.807) is 0 Å². The third kappa shape index (κ3) is 2.75. The van der Waals surface area contributed by atoms with Gasteiger partial charge in [-0.3, -0.25) is 0 Å². The lowest BCUT2D eigenvalue weighted by Gasteiger charge is -2.15. The molecule has 1 aliphatic carbocycles. The van der Waals surface area contributed by atoms with Gasteiger partial charge in [-0.15, -0.1) is 5.10 Å². The van der Waals surface area contributed by atoms with Crippen LogP contribution in [-0.4, -0.2) is 16.1 Å². The van der Waals surface area contributed by atoms with Gasteiger partial charge in [0.2, 0.25) is 0 Å².